The highest BCUT2D eigenvalue weighted by atomic mass is 19.4. The molecule has 1 rings (SSSR count). The van der Waals surface area contributed by atoms with Crippen molar-refractivity contribution < 1.29 is 22.6 Å². The van der Waals surface area contributed by atoms with Crippen LogP contribution in [0.3, 0.4) is 0 Å². The number of alkyl halides is 3. The summed E-state index contributed by atoms with van der Waals surface area (Å²) >= 11 is 0. The second-order valence-corrected chi connectivity index (χ2v) is 3.79. The number of halogens is 3. The Kier molecular flexibility index (Phi) is 6.66. The Morgan fingerprint density at radius 2 is 1.79 bits per heavy atom. The number of rotatable bonds is 8. The molecule has 1 aromatic rings. The molecule has 3 nitrogen and oxygen atoms in total. The quantitative estimate of drug-likeness (QED) is 0.741. The van der Waals surface area contributed by atoms with Gasteiger partial charge in [0.1, 0.15) is 12.4 Å². The summed E-state index contributed by atoms with van der Waals surface area (Å²) in [5.74, 6) is -0.137. The molecule has 108 valence electrons. The predicted molar refractivity (Wildman–Crippen MR) is 66.3 cm³/mol. The second-order valence-electron chi connectivity index (χ2n) is 3.79. The number of hydrogen-bond acceptors (Lipinski definition) is 3. The molecule has 0 heterocycles. The fourth-order valence-electron chi connectivity index (χ4n) is 1.47. The zero-order chi connectivity index (χ0) is 14.1. The van der Waals surface area contributed by atoms with E-state index in [0.717, 1.165) is 6.07 Å². The largest absolute Gasteiger partial charge is 0.492 e. The van der Waals surface area contributed by atoms with Crippen molar-refractivity contribution in [2.45, 2.75) is 13.1 Å². The molecule has 0 aliphatic rings. The third-order valence-electron chi connectivity index (χ3n) is 2.36. The lowest BCUT2D eigenvalue weighted by atomic mass is 10.2. The maximum atomic E-state index is 12.7. The van der Waals surface area contributed by atoms with Crippen molar-refractivity contribution in [3.05, 3.63) is 29.8 Å². The number of ether oxygens (including phenoxy) is 2. The van der Waals surface area contributed by atoms with E-state index < -0.39 is 11.7 Å². The molecule has 0 unspecified atom stereocenters. The molecule has 6 heteroatoms. The minimum Gasteiger partial charge on any atom is -0.492 e. The monoisotopic (exact) mass is 277 g/mol. The molecule has 0 fully saturated rings. The van der Waals surface area contributed by atoms with Crippen molar-refractivity contribution in [2.24, 2.45) is 0 Å². The summed E-state index contributed by atoms with van der Waals surface area (Å²) in [4.78, 5) is 0. The fourth-order valence-corrected chi connectivity index (χ4v) is 1.47. The van der Waals surface area contributed by atoms with Crippen molar-refractivity contribution >= 4 is 0 Å². The van der Waals surface area contributed by atoms with Gasteiger partial charge < -0.3 is 14.8 Å². The Morgan fingerprint density at radius 3 is 2.47 bits per heavy atom. The SMILES string of the molecule is CCOCCNCCOc1ccccc1C(F)(F)F. The Labute approximate surface area is 110 Å². The summed E-state index contributed by atoms with van der Waals surface area (Å²) in [7, 11) is 0. The summed E-state index contributed by atoms with van der Waals surface area (Å²) in [6, 6.07) is 5.20. The minimum absolute atomic E-state index is 0.137. The average Bonchev–Trinajstić information content (AvgIpc) is 2.37. The van der Waals surface area contributed by atoms with Gasteiger partial charge in [-0.05, 0) is 19.1 Å². The van der Waals surface area contributed by atoms with E-state index in [2.05, 4.69) is 5.32 Å². The van der Waals surface area contributed by atoms with Crippen molar-refractivity contribution in [3.63, 3.8) is 0 Å². The number of para-hydroxylation sites is 1. The molecule has 1 aromatic carbocycles. The summed E-state index contributed by atoms with van der Waals surface area (Å²) in [5.41, 5.74) is -0.746. The van der Waals surface area contributed by atoms with Crippen molar-refractivity contribution in [1.29, 1.82) is 0 Å². The van der Waals surface area contributed by atoms with E-state index in [4.69, 9.17) is 9.47 Å². The van der Waals surface area contributed by atoms with Gasteiger partial charge in [-0.15, -0.1) is 0 Å². The molecule has 0 saturated heterocycles. The van der Waals surface area contributed by atoms with Crippen LogP contribution in [0.25, 0.3) is 0 Å². The zero-order valence-electron chi connectivity index (χ0n) is 10.8. The van der Waals surface area contributed by atoms with Gasteiger partial charge in [0.2, 0.25) is 0 Å². The first-order valence-corrected chi connectivity index (χ1v) is 6.13. The summed E-state index contributed by atoms with van der Waals surface area (Å²) in [5, 5.41) is 3.02. The molecule has 0 amide bonds. The maximum absolute atomic E-state index is 12.7. The lowest BCUT2D eigenvalue weighted by molar-refractivity contribution is -0.138. The Morgan fingerprint density at radius 1 is 1.11 bits per heavy atom. The van der Waals surface area contributed by atoms with Crippen LogP contribution in [0.4, 0.5) is 13.2 Å². The molecule has 0 aliphatic heterocycles. The lowest BCUT2D eigenvalue weighted by Gasteiger charge is -2.13. The summed E-state index contributed by atoms with van der Waals surface area (Å²) in [6.07, 6.45) is -4.39. The molecule has 0 atom stereocenters. The predicted octanol–water partition coefficient (Wildman–Crippen LogP) is 2.71. The van der Waals surface area contributed by atoms with E-state index in [1.54, 1.807) is 0 Å². The van der Waals surface area contributed by atoms with Gasteiger partial charge in [-0.1, -0.05) is 12.1 Å². The maximum Gasteiger partial charge on any atom is 0.419 e. The molecule has 0 bridgehead atoms. The Hall–Kier alpha value is -1.27. The molecular weight excluding hydrogens is 259 g/mol. The van der Waals surface area contributed by atoms with E-state index in [1.807, 2.05) is 6.92 Å². The van der Waals surface area contributed by atoms with Crippen LogP contribution in [0.1, 0.15) is 12.5 Å². The molecule has 0 saturated carbocycles. The molecule has 0 radical (unpaired) electrons. The van der Waals surface area contributed by atoms with Crippen LogP contribution >= 0.6 is 0 Å². The Bertz CT molecular complexity index is 369. The van der Waals surface area contributed by atoms with E-state index in [-0.39, 0.29) is 12.4 Å². The van der Waals surface area contributed by atoms with Gasteiger partial charge in [0.05, 0.1) is 12.2 Å². The first-order valence-electron chi connectivity index (χ1n) is 6.13. The molecule has 0 aliphatic carbocycles. The number of nitrogens with one attached hydrogen (secondary N) is 1. The van der Waals surface area contributed by atoms with Gasteiger partial charge in [-0.3, -0.25) is 0 Å². The van der Waals surface area contributed by atoms with E-state index in [1.165, 1.54) is 18.2 Å². The molecule has 0 spiro atoms. The van der Waals surface area contributed by atoms with Crippen molar-refractivity contribution in [1.82, 2.24) is 5.32 Å². The van der Waals surface area contributed by atoms with E-state index in [9.17, 15) is 13.2 Å². The summed E-state index contributed by atoms with van der Waals surface area (Å²) < 4.78 is 48.2. The van der Waals surface area contributed by atoms with Crippen LogP contribution in [-0.4, -0.2) is 32.9 Å². The second kappa shape index (κ2) is 8.01. The van der Waals surface area contributed by atoms with Crippen molar-refractivity contribution in [3.8, 4) is 5.75 Å². The van der Waals surface area contributed by atoms with Crippen LogP contribution in [0.5, 0.6) is 5.75 Å². The van der Waals surface area contributed by atoms with E-state index in [0.29, 0.717) is 26.3 Å². The van der Waals surface area contributed by atoms with Crippen molar-refractivity contribution in [2.75, 3.05) is 32.9 Å². The van der Waals surface area contributed by atoms with Crippen LogP contribution < -0.4 is 10.1 Å². The highest BCUT2D eigenvalue weighted by Crippen LogP contribution is 2.35. The van der Waals surface area contributed by atoms with Gasteiger partial charge in [0.25, 0.3) is 0 Å². The number of benzene rings is 1. The topological polar surface area (TPSA) is 30.5 Å². The number of hydrogen-bond donors (Lipinski definition) is 1. The van der Waals surface area contributed by atoms with Crippen LogP contribution in [0.15, 0.2) is 24.3 Å². The molecule has 19 heavy (non-hydrogen) atoms. The van der Waals surface area contributed by atoms with Gasteiger partial charge >= 0.3 is 6.18 Å². The first-order chi connectivity index (χ1) is 9.05. The normalized spacial score (nSPS) is 11.6. The van der Waals surface area contributed by atoms with Crippen LogP contribution in [-0.2, 0) is 10.9 Å². The summed E-state index contributed by atoms with van der Waals surface area (Å²) in [6.45, 7) is 4.43. The highest BCUT2D eigenvalue weighted by Gasteiger charge is 2.33. The van der Waals surface area contributed by atoms with Crippen LogP contribution in [0.2, 0.25) is 0 Å². The van der Waals surface area contributed by atoms with E-state index >= 15 is 0 Å². The molecule has 0 aromatic heterocycles. The smallest absolute Gasteiger partial charge is 0.419 e. The average molecular weight is 277 g/mol. The van der Waals surface area contributed by atoms with Gasteiger partial charge in [0.15, 0.2) is 0 Å². The lowest BCUT2D eigenvalue weighted by Crippen LogP contribution is -2.25. The third kappa shape index (κ3) is 5.94. The molecular formula is C13H18F3NO2. The highest BCUT2D eigenvalue weighted by molar-refractivity contribution is 5.35. The first kappa shape index (κ1) is 15.8. The van der Waals surface area contributed by atoms with Crippen LogP contribution in [0, 0.1) is 0 Å². The standard InChI is InChI=1S/C13H18F3NO2/c1-2-18-9-7-17-8-10-19-12-6-4-3-5-11(12)13(14,15)16/h3-6,17H,2,7-10H2,1H3. The zero-order valence-corrected chi connectivity index (χ0v) is 10.8. The van der Waals surface area contributed by atoms with Gasteiger partial charge in [-0.25, -0.2) is 0 Å². The minimum atomic E-state index is -4.39. The third-order valence-corrected chi connectivity index (χ3v) is 2.36. The fraction of sp³-hybridized carbons (Fsp3) is 0.538. The Balaban J connectivity index is 2.33. The van der Waals surface area contributed by atoms with Gasteiger partial charge in [-0.2, -0.15) is 13.2 Å². The molecule has 1 N–H and O–H groups in total. The van der Waals surface area contributed by atoms with Gasteiger partial charge in [0, 0.05) is 19.7 Å².